The number of nitrogens with zero attached hydrogens (tertiary/aromatic N) is 1. The van der Waals surface area contributed by atoms with Gasteiger partial charge in [-0.3, -0.25) is 4.79 Å². The third kappa shape index (κ3) is 3.64. The molecule has 0 aliphatic heterocycles. The summed E-state index contributed by atoms with van der Waals surface area (Å²) in [6.07, 6.45) is 3.70. The average Bonchev–Trinajstić information content (AvgIpc) is 3.17. The molecule has 0 radical (unpaired) electrons. The monoisotopic (exact) mass is 315 g/mol. The summed E-state index contributed by atoms with van der Waals surface area (Å²) in [5.74, 6) is -0.566. The molecular weight excluding hydrogens is 302 g/mol. The van der Waals surface area contributed by atoms with E-state index in [1.807, 2.05) is 0 Å². The lowest BCUT2D eigenvalue weighted by atomic mass is 10.1. The van der Waals surface area contributed by atoms with Crippen LogP contribution in [0.4, 0.5) is 0 Å². The molecule has 1 aromatic rings. The van der Waals surface area contributed by atoms with Crippen LogP contribution in [0, 0.1) is 5.41 Å². The number of thioether (sulfide) groups is 1. The van der Waals surface area contributed by atoms with Crippen molar-refractivity contribution in [3.05, 3.63) is 22.8 Å². The molecule has 108 valence electrons. The molecule has 1 heterocycles. The highest BCUT2D eigenvalue weighted by atomic mass is 35.5. The highest BCUT2D eigenvalue weighted by Gasteiger charge is 2.44. The Morgan fingerprint density at radius 2 is 2.25 bits per heavy atom. The lowest BCUT2D eigenvalue weighted by Gasteiger charge is -2.12. The van der Waals surface area contributed by atoms with Crippen molar-refractivity contribution in [1.29, 1.82) is 0 Å². The Kier molecular flexibility index (Phi) is 4.55. The van der Waals surface area contributed by atoms with Gasteiger partial charge in [0.1, 0.15) is 0 Å². The number of ether oxygens (including phenoxy) is 1. The van der Waals surface area contributed by atoms with E-state index in [1.54, 1.807) is 0 Å². The predicted octanol–water partition coefficient (Wildman–Crippen LogP) is 2.87. The molecule has 0 amide bonds. The van der Waals surface area contributed by atoms with E-state index >= 15 is 0 Å². The predicted molar refractivity (Wildman–Crippen MR) is 75.2 cm³/mol. The Balaban J connectivity index is 1.99. The van der Waals surface area contributed by atoms with Crippen LogP contribution in [0.1, 0.15) is 29.6 Å². The van der Waals surface area contributed by atoms with E-state index in [2.05, 4.69) is 9.72 Å². The minimum atomic E-state index is -1.07. The van der Waals surface area contributed by atoms with Crippen molar-refractivity contribution in [2.45, 2.75) is 24.3 Å². The molecule has 7 heteroatoms. The van der Waals surface area contributed by atoms with Crippen LogP contribution in [-0.4, -0.2) is 34.9 Å². The highest BCUT2D eigenvalue weighted by Crippen LogP contribution is 2.52. The molecule has 0 spiro atoms. The number of pyridine rings is 1. The standard InChI is InChI=1S/C13H14ClNO4S/c1-19-11(16)5-13(2-3-13)7-20-10-4-8(12(17)18)9(14)6-15-10/h4,6H,2-3,5,7H2,1H3,(H,17,18). The van der Waals surface area contributed by atoms with Crippen LogP contribution in [0.2, 0.25) is 5.02 Å². The maximum atomic E-state index is 11.3. The summed E-state index contributed by atoms with van der Waals surface area (Å²) in [7, 11) is 1.38. The Bertz CT molecular complexity index is 545. The molecule has 1 aliphatic carbocycles. The highest BCUT2D eigenvalue weighted by molar-refractivity contribution is 7.99. The van der Waals surface area contributed by atoms with Crippen molar-refractivity contribution >= 4 is 35.3 Å². The van der Waals surface area contributed by atoms with Gasteiger partial charge in [-0.05, 0) is 24.3 Å². The van der Waals surface area contributed by atoms with Crippen LogP contribution in [0.5, 0.6) is 0 Å². The Hall–Kier alpha value is -1.27. The third-order valence-corrected chi connectivity index (χ3v) is 4.87. The van der Waals surface area contributed by atoms with E-state index in [0.29, 0.717) is 11.4 Å². The van der Waals surface area contributed by atoms with Crippen LogP contribution in [0.15, 0.2) is 17.3 Å². The molecule has 5 nitrogen and oxygen atoms in total. The zero-order chi connectivity index (χ0) is 14.8. The average molecular weight is 316 g/mol. The molecule has 1 N–H and O–H groups in total. The van der Waals surface area contributed by atoms with Crippen LogP contribution < -0.4 is 0 Å². The van der Waals surface area contributed by atoms with Gasteiger partial charge in [0.15, 0.2) is 0 Å². The van der Waals surface area contributed by atoms with E-state index in [0.717, 1.165) is 18.6 Å². The Labute approximate surface area is 125 Å². The van der Waals surface area contributed by atoms with Crippen molar-refractivity contribution in [1.82, 2.24) is 4.98 Å². The summed E-state index contributed by atoms with van der Waals surface area (Å²) in [6, 6.07) is 1.46. The molecular formula is C13H14ClNO4S. The molecule has 20 heavy (non-hydrogen) atoms. The molecule has 0 unspecified atom stereocenters. The first kappa shape index (κ1) is 15.1. The topological polar surface area (TPSA) is 76.5 Å². The van der Waals surface area contributed by atoms with E-state index in [4.69, 9.17) is 16.7 Å². The Morgan fingerprint density at radius 1 is 1.55 bits per heavy atom. The van der Waals surface area contributed by atoms with Gasteiger partial charge in [-0.2, -0.15) is 0 Å². The number of esters is 1. The van der Waals surface area contributed by atoms with Crippen molar-refractivity contribution in [2.24, 2.45) is 5.41 Å². The van der Waals surface area contributed by atoms with Crippen molar-refractivity contribution < 1.29 is 19.4 Å². The number of aromatic nitrogens is 1. The second-order valence-corrected chi connectivity index (χ2v) is 6.25. The van der Waals surface area contributed by atoms with Crippen LogP contribution in [-0.2, 0) is 9.53 Å². The molecule has 1 aliphatic rings. The summed E-state index contributed by atoms with van der Waals surface area (Å²) in [4.78, 5) is 26.4. The third-order valence-electron chi connectivity index (χ3n) is 3.29. The van der Waals surface area contributed by atoms with Crippen molar-refractivity contribution in [3.8, 4) is 0 Å². The first-order valence-corrected chi connectivity index (χ1v) is 7.41. The van der Waals surface area contributed by atoms with Gasteiger partial charge in [0.05, 0.1) is 29.1 Å². The zero-order valence-electron chi connectivity index (χ0n) is 10.9. The van der Waals surface area contributed by atoms with Gasteiger partial charge in [-0.1, -0.05) is 11.6 Å². The van der Waals surface area contributed by atoms with Gasteiger partial charge in [-0.15, -0.1) is 11.8 Å². The molecule has 0 atom stereocenters. The summed E-state index contributed by atoms with van der Waals surface area (Å²) >= 11 is 7.21. The number of hydrogen-bond acceptors (Lipinski definition) is 5. The van der Waals surface area contributed by atoms with Gasteiger partial charge in [0.25, 0.3) is 0 Å². The fourth-order valence-electron chi connectivity index (χ4n) is 1.82. The SMILES string of the molecule is COC(=O)CC1(CSc2cc(C(=O)O)c(Cl)cn2)CC1. The van der Waals surface area contributed by atoms with Gasteiger partial charge < -0.3 is 9.84 Å². The van der Waals surface area contributed by atoms with Gasteiger partial charge in [0, 0.05) is 11.9 Å². The van der Waals surface area contributed by atoms with Gasteiger partial charge in [0.2, 0.25) is 0 Å². The first-order chi connectivity index (χ1) is 9.46. The zero-order valence-corrected chi connectivity index (χ0v) is 12.5. The number of aromatic carboxylic acids is 1. The fraction of sp³-hybridized carbons (Fsp3) is 0.462. The second kappa shape index (κ2) is 6.01. The maximum absolute atomic E-state index is 11.3. The summed E-state index contributed by atoms with van der Waals surface area (Å²) < 4.78 is 4.69. The molecule has 1 fully saturated rings. The van der Waals surface area contributed by atoms with E-state index in [1.165, 1.54) is 31.1 Å². The van der Waals surface area contributed by atoms with E-state index < -0.39 is 5.97 Å². The van der Waals surface area contributed by atoms with Crippen molar-refractivity contribution in [2.75, 3.05) is 12.9 Å². The fourth-order valence-corrected chi connectivity index (χ4v) is 3.17. The number of carbonyl (C=O) groups excluding carboxylic acids is 1. The molecule has 2 rings (SSSR count). The molecule has 1 aromatic heterocycles. The van der Waals surface area contributed by atoms with Crippen LogP contribution >= 0.6 is 23.4 Å². The van der Waals surface area contributed by atoms with Crippen LogP contribution in [0.3, 0.4) is 0 Å². The molecule has 0 bridgehead atoms. The van der Waals surface area contributed by atoms with Gasteiger partial charge in [-0.25, -0.2) is 9.78 Å². The normalized spacial score (nSPS) is 15.7. The summed E-state index contributed by atoms with van der Waals surface area (Å²) in [5, 5.41) is 9.72. The number of methoxy groups -OCH3 is 1. The van der Waals surface area contributed by atoms with Crippen molar-refractivity contribution in [3.63, 3.8) is 0 Å². The smallest absolute Gasteiger partial charge is 0.337 e. The maximum Gasteiger partial charge on any atom is 0.337 e. The number of halogens is 1. The summed E-state index contributed by atoms with van der Waals surface area (Å²) in [5.41, 5.74) is 0.0182. The number of hydrogen-bond donors (Lipinski definition) is 1. The van der Waals surface area contributed by atoms with E-state index in [9.17, 15) is 9.59 Å². The largest absolute Gasteiger partial charge is 0.478 e. The number of carboxylic acids is 1. The molecule has 1 saturated carbocycles. The number of carbonyl (C=O) groups is 2. The minimum absolute atomic E-state index is 0.0253. The minimum Gasteiger partial charge on any atom is -0.478 e. The Morgan fingerprint density at radius 3 is 2.80 bits per heavy atom. The van der Waals surface area contributed by atoms with E-state index in [-0.39, 0.29) is 22.0 Å². The lowest BCUT2D eigenvalue weighted by molar-refractivity contribution is -0.141. The molecule has 0 aromatic carbocycles. The summed E-state index contributed by atoms with van der Waals surface area (Å²) in [6.45, 7) is 0. The van der Waals surface area contributed by atoms with Crippen LogP contribution in [0.25, 0.3) is 0 Å². The lowest BCUT2D eigenvalue weighted by Crippen LogP contribution is -2.13. The van der Waals surface area contributed by atoms with Gasteiger partial charge >= 0.3 is 11.9 Å². The molecule has 0 saturated heterocycles. The number of carboxylic acid groups (broad SMARTS) is 1. The quantitative estimate of drug-likeness (QED) is 0.642. The number of rotatable bonds is 6. The second-order valence-electron chi connectivity index (χ2n) is 4.85. The first-order valence-electron chi connectivity index (χ1n) is 6.04.